The summed E-state index contributed by atoms with van der Waals surface area (Å²) in [6.45, 7) is 8.49. The Morgan fingerprint density at radius 2 is 2.13 bits per heavy atom. The highest BCUT2D eigenvalue weighted by Crippen LogP contribution is 2.41. The minimum Gasteiger partial charge on any atom is -0.324 e. The molecule has 6 nitrogen and oxygen atoms in total. The molecular weight excluding hydrogens is 420 g/mol. The molecule has 1 N–H and O–H groups in total. The maximum absolute atomic E-state index is 13.1. The number of fused-ring (bicyclic) bond motifs is 3. The van der Waals surface area contributed by atoms with Gasteiger partial charge in [0.25, 0.3) is 5.56 Å². The van der Waals surface area contributed by atoms with Gasteiger partial charge in [0.1, 0.15) is 6.54 Å². The third-order valence-corrected chi connectivity index (χ3v) is 7.30. The van der Waals surface area contributed by atoms with Crippen LogP contribution in [0.3, 0.4) is 0 Å². The van der Waals surface area contributed by atoms with Crippen molar-refractivity contribution in [1.29, 1.82) is 0 Å². The molecule has 0 unspecified atom stereocenters. The van der Waals surface area contributed by atoms with Crippen molar-refractivity contribution < 1.29 is 4.79 Å². The first-order valence-electron chi connectivity index (χ1n) is 10.1. The number of rotatable bonds is 3. The molecule has 1 aromatic carbocycles. The van der Waals surface area contributed by atoms with Gasteiger partial charge in [-0.05, 0) is 60.8 Å². The number of thiophene rings is 1. The van der Waals surface area contributed by atoms with E-state index in [1.807, 2.05) is 13.0 Å². The summed E-state index contributed by atoms with van der Waals surface area (Å²) in [6.07, 6.45) is 2.89. The molecule has 0 fully saturated rings. The number of hydrogen-bond acceptors (Lipinski definition) is 5. The number of aromatic nitrogens is 3. The SMILES string of the molecule is Cc1ccc(Cl)cc1NC(=O)Cn1nnc2sc3c(c2c1=O)CC[C@H](C(C)(C)C)C3. The summed E-state index contributed by atoms with van der Waals surface area (Å²) in [5.41, 5.74) is 2.59. The van der Waals surface area contributed by atoms with Gasteiger partial charge in [-0.25, -0.2) is 4.68 Å². The van der Waals surface area contributed by atoms with Crippen molar-refractivity contribution in [2.75, 3.05) is 5.32 Å². The molecule has 1 atom stereocenters. The summed E-state index contributed by atoms with van der Waals surface area (Å²) < 4.78 is 1.15. The zero-order valence-electron chi connectivity index (χ0n) is 17.6. The van der Waals surface area contributed by atoms with Crippen molar-refractivity contribution >= 4 is 44.7 Å². The molecule has 30 heavy (non-hydrogen) atoms. The lowest BCUT2D eigenvalue weighted by molar-refractivity contribution is -0.117. The fourth-order valence-electron chi connectivity index (χ4n) is 4.02. The molecule has 0 saturated carbocycles. The summed E-state index contributed by atoms with van der Waals surface area (Å²) in [7, 11) is 0. The molecule has 0 radical (unpaired) electrons. The Labute approximate surface area is 184 Å². The van der Waals surface area contributed by atoms with Crippen LogP contribution in [0.5, 0.6) is 0 Å². The van der Waals surface area contributed by atoms with Crippen molar-refractivity contribution in [3.63, 3.8) is 0 Å². The van der Waals surface area contributed by atoms with Gasteiger partial charge in [-0.3, -0.25) is 9.59 Å². The first kappa shape index (κ1) is 21.0. The van der Waals surface area contributed by atoms with E-state index in [0.29, 0.717) is 26.8 Å². The summed E-state index contributed by atoms with van der Waals surface area (Å²) >= 11 is 7.58. The molecule has 158 valence electrons. The van der Waals surface area contributed by atoms with E-state index in [1.54, 1.807) is 23.5 Å². The third-order valence-electron chi connectivity index (χ3n) is 5.93. The Kier molecular flexibility index (Phi) is 5.45. The van der Waals surface area contributed by atoms with Crippen LogP contribution in [-0.4, -0.2) is 20.9 Å². The average Bonchev–Trinajstić information content (AvgIpc) is 3.04. The molecule has 0 aliphatic heterocycles. The molecule has 0 spiro atoms. The predicted molar refractivity (Wildman–Crippen MR) is 121 cm³/mol. The van der Waals surface area contributed by atoms with Crippen LogP contribution >= 0.6 is 22.9 Å². The van der Waals surface area contributed by atoms with Crippen LogP contribution in [0.2, 0.25) is 5.02 Å². The highest BCUT2D eigenvalue weighted by molar-refractivity contribution is 7.18. The maximum atomic E-state index is 13.1. The van der Waals surface area contributed by atoms with E-state index in [9.17, 15) is 9.59 Å². The topological polar surface area (TPSA) is 76.9 Å². The van der Waals surface area contributed by atoms with Crippen molar-refractivity contribution in [2.45, 2.75) is 53.5 Å². The van der Waals surface area contributed by atoms with Gasteiger partial charge in [0.2, 0.25) is 5.91 Å². The van der Waals surface area contributed by atoms with Gasteiger partial charge in [-0.1, -0.05) is 43.7 Å². The Balaban J connectivity index is 1.61. The van der Waals surface area contributed by atoms with Crippen LogP contribution in [0.15, 0.2) is 23.0 Å². The molecule has 1 amide bonds. The molecule has 3 aromatic rings. The van der Waals surface area contributed by atoms with E-state index >= 15 is 0 Å². The quantitative estimate of drug-likeness (QED) is 0.640. The number of carbonyl (C=O) groups is 1. The summed E-state index contributed by atoms with van der Waals surface area (Å²) in [5.74, 6) is 0.243. The van der Waals surface area contributed by atoms with Crippen molar-refractivity contribution in [3.8, 4) is 0 Å². The highest BCUT2D eigenvalue weighted by atomic mass is 35.5. The van der Waals surface area contributed by atoms with Crippen LogP contribution in [0.1, 0.15) is 43.2 Å². The summed E-state index contributed by atoms with van der Waals surface area (Å²) in [4.78, 5) is 27.6. The van der Waals surface area contributed by atoms with Crippen molar-refractivity contribution in [1.82, 2.24) is 15.0 Å². The van der Waals surface area contributed by atoms with E-state index in [4.69, 9.17) is 11.6 Å². The van der Waals surface area contributed by atoms with Crippen LogP contribution in [0.25, 0.3) is 10.2 Å². The number of halogens is 1. The molecule has 1 aliphatic rings. The third kappa shape index (κ3) is 4.01. The number of nitrogens with one attached hydrogen (secondary N) is 1. The molecule has 0 saturated heterocycles. The zero-order chi connectivity index (χ0) is 21.6. The minimum atomic E-state index is -0.340. The van der Waals surface area contributed by atoms with Crippen LogP contribution in [0.4, 0.5) is 5.69 Å². The normalized spacial score (nSPS) is 16.5. The predicted octanol–water partition coefficient (Wildman–Crippen LogP) is 4.60. The zero-order valence-corrected chi connectivity index (χ0v) is 19.2. The summed E-state index contributed by atoms with van der Waals surface area (Å²) in [5, 5.41) is 12.2. The first-order valence-corrected chi connectivity index (χ1v) is 11.3. The average molecular weight is 445 g/mol. The molecule has 0 bridgehead atoms. The van der Waals surface area contributed by atoms with Gasteiger partial charge in [-0.2, -0.15) is 0 Å². The Morgan fingerprint density at radius 3 is 2.87 bits per heavy atom. The lowest BCUT2D eigenvalue weighted by Crippen LogP contribution is -2.31. The Bertz CT molecular complexity index is 1190. The smallest absolute Gasteiger partial charge is 0.279 e. The van der Waals surface area contributed by atoms with Crippen LogP contribution in [-0.2, 0) is 24.2 Å². The number of carbonyl (C=O) groups excluding carboxylic acids is 1. The minimum absolute atomic E-state index is 0.192. The molecule has 8 heteroatoms. The lowest BCUT2D eigenvalue weighted by atomic mass is 9.72. The second-order valence-corrected chi connectivity index (χ2v) is 10.6. The molecule has 4 rings (SSSR count). The largest absolute Gasteiger partial charge is 0.324 e. The lowest BCUT2D eigenvalue weighted by Gasteiger charge is -2.33. The Hall–Kier alpha value is -2.25. The van der Waals surface area contributed by atoms with E-state index in [2.05, 4.69) is 36.4 Å². The highest BCUT2D eigenvalue weighted by Gasteiger charge is 2.32. The number of anilines is 1. The van der Waals surface area contributed by atoms with Gasteiger partial charge >= 0.3 is 0 Å². The second-order valence-electron chi connectivity index (χ2n) is 9.05. The molecule has 1 aliphatic carbocycles. The van der Waals surface area contributed by atoms with Crippen molar-refractivity contribution in [2.24, 2.45) is 11.3 Å². The first-order chi connectivity index (χ1) is 14.1. The van der Waals surface area contributed by atoms with Gasteiger partial charge in [0, 0.05) is 15.6 Å². The van der Waals surface area contributed by atoms with E-state index in [1.165, 1.54) is 4.88 Å². The standard InChI is InChI=1S/C22H25ClN4O2S/c1-12-5-7-14(23)10-16(12)24-18(28)11-27-21(29)19-15-8-6-13(22(2,3)4)9-17(15)30-20(19)25-26-27/h5,7,10,13H,6,8-9,11H2,1-4H3,(H,24,28)/t13-/m0/s1. The van der Waals surface area contributed by atoms with Gasteiger partial charge < -0.3 is 5.32 Å². The maximum Gasteiger partial charge on any atom is 0.279 e. The van der Waals surface area contributed by atoms with Crippen LogP contribution in [0, 0.1) is 18.3 Å². The van der Waals surface area contributed by atoms with E-state index in [-0.39, 0.29) is 23.4 Å². The molecular formula is C22H25ClN4O2S. The second kappa shape index (κ2) is 7.78. The monoisotopic (exact) mass is 444 g/mol. The van der Waals surface area contributed by atoms with Gasteiger partial charge in [0.05, 0.1) is 5.39 Å². The van der Waals surface area contributed by atoms with E-state index < -0.39 is 0 Å². The van der Waals surface area contributed by atoms with Crippen LogP contribution < -0.4 is 10.9 Å². The number of aryl methyl sites for hydroxylation is 2. The molecule has 2 aromatic heterocycles. The summed E-state index contributed by atoms with van der Waals surface area (Å²) in [6, 6.07) is 5.28. The fraction of sp³-hybridized carbons (Fsp3) is 0.455. The number of hydrogen-bond donors (Lipinski definition) is 1. The fourth-order valence-corrected chi connectivity index (χ4v) is 5.43. The van der Waals surface area contributed by atoms with Gasteiger partial charge in [0.15, 0.2) is 4.83 Å². The Morgan fingerprint density at radius 1 is 1.37 bits per heavy atom. The number of nitrogens with zero attached hydrogens (tertiary/aromatic N) is 3. The number of amides is 1. The molecule has 2 heterocycles. The van der Waals surface area contributed by atoms with E-state index in [0.717, 1.165) is 35.1 Å². The van der Waals surface area contributed by atoms with Gasteiger partial charge in [-0.15, -0.1) is 16.4 Å². The van der Waals surface area contributed by atoms with Crippen molar-refractivity contribution in [3.05, 3.63) is 49.6 Å². The number of benzene rings is 1.